The van der Waals surface area contributed by atoms with Gasteiger partial charge in [-0.05, 0) is 32.8 Å². The third-order valence-electron chi connectivity index (χ3n) is 5.71. The summed E-state index contributed by atoms with van der Waals surface area (Å²) >= 11 is 1.25. The fraction of sp³-hybridized carbons (Fsp3) is 0.458. The molecule has 0 N–H and O–H groups in total. The van der Waals surface area contributed by atoms with Crippen LogP contribution in [0.1, 0.15) is 38.7 Å². The number of hydrogen-bond acceptors (Lipinski definition) is 10. The SMILES string of the molecule is CCOC(=O)C1=C(CSC2=NCCCN2C=O)N=C(C)C(C(=O)OCC)C1c1cccc([N+](=O)[O-])c1. The van der Waals surface area contributed by atoms with Gasteiger partial charge in [0.1, 0.15) is 5.92 Å². The van der Waals surface area contributed by atoms with E-state index in [9.17, 15) is 24.5 Å². The number of thioether (sulfide) groups is 1. The molecule has 192 valence electrons. The Hall–Kier alpha value is -3.54. The minimum Gasteiger partial charge on any atom is -0.465 e. The van der Waals surface area contributed by atoms with Crippen molar-refractivity contribution in [2.45, 2.75) is 33.1 Å². The number of carbonyl (C=O) groups excluding carboxylic acids is 3. The van der Waals surface area contributed by atoms with Gasteiger partial charge in [-0.15, -0.1) is 0 Å². The highest BCUT2D eigenvalue weighted by atomic mass is 32.2. The Labute approximate surface area is 212 Å². The van der Waals surface area contributed by atoms with Gasteiger partial charge >= 0.3 is 11.9 Å². The number of rotatable bonds is 9. The number of esters is 2. The van der Waals surface area contributed by atoms with Crippen LogP contribution >= 0.6 is 11.8 Å². The Kier molecular flexibility index (Phi) is 9.34. The number of carbonyl (C=O) groups is 3. The molecule has 0 saturated carbocycles. The van der Waals surface area contributed by atoms with Crippen LogP contribution < -0.4 is 0 Å². The van der Waals surface area contributed by atoms with Crippen LogP contribution in [0.3, 0.4) is 0 Å². The quantitative estimate of drug-likeness (QED) is 0.211. The number of benzene rings is 1. The smallest absolute Gasteiger partial charge is 0.336 e. The summed E-state index contributed by atoms with van der Waals surface area (Å²) in [6, 6.07) is 5.82. The van der Waals surface area contributed by atoms with Gasteiger partial charge in [0, 0.05) is 42.6 Å². The molecule has 1 amide bonds. The Bertz CT molecular complexity index is 1130. The second-order valence-electron chi connectivity index (χ2n) is 8.00. The van der Waals surface area contributed by atoms with E-state index in [0.717, 1.165) is 6.42 Å². The molecule has 0 radical (unpaired) electrons. The van der Waals surface area contributed by atoms with E-state index in [0.29, 0.717) is 41.6 Å². The van der Waals surface area contributed by atoms with E-state index in [1.54, 1.807) is 26.8 Å². The molecule has 1 aromatic carbocycles. The number of hydrogen-bond donors (Lipinski definition) is 0. The van der Waals surface area contributed by atoms with Crippen molar-refractivity contribution < 1.29 is 28.8 Å². The lowest BCUT2D eigenvalue weighted by Crippen LogP contribution is -2.37. The zero-order valence-corrected chi connectivity index (χ0v) is 21.2. The standard InChI is InChI=1S/C24H28N4O7S/c1-4-34-22(30)19-15(3)26-18(13-36-24-25-10-7-11-27(24)14-29)21(23(31)35-5-2)20(19)16-8-6-9-17(12-16)28(32)33/h6,8-9,12,14,19-20H,4-5,7,10-11,13H2,1-3H3. The zero-order chi connectivity index (χ0) is 26.2. The summed E-state index contributed by atoms with van der Waals surface area (Å²) in [5.74, 6) is -2.97. The van der Waals surface area contributed by atoms with Crippen LogP contribution in [0.4, 0.5) is 5.69 Å². The van der Waals surface area contributed by atoms with E-state index in [2.05, 4.69) is 9.98 Å². The topological polar surface area (TPSA) is 141 Å². The molecule has 0 bridgehead atoms. The van der Waals surface area contributed by atoms with E-state index in [4.69, 9.17) is 9.47 Å². The third kappa shape index (κ3) is 5.99. The van der Waals surface area contributed by atoms with Crippen molar-refractivity contribution >= 4 is 46.7 Å². The second-order valence-corrected chi connectivity index (χ2v) is 8.94. The fourth-order valence-electron chi connectivity index (χ4n) is 4.18. The molecule has 11 nitrogen and oxygen atoms in total. The molecule has 0 aliphatic carbocycles. The highest BCUT2D eigenvalue weighted by molar-refractivity contribution is 8.14. The summed E-state index contributed by atoms with van der Waals surface area (Å²) < 4.78 is 10.6. The number of nitrogens with zero attached hydrogens (tertiary/aromatic N) is 4. The maximum absolute atomic E-state index is 13.3. The number of nitro benzene ring substituents is 1. The third-order valence-corrected chi connectivity index (χ3v) is 6.75. The van der Waals surface area contributed by atoms with E-state index in [1.807, 2.05) is 0 Å². The lowest BCUT2D eigenvalue weighted by Gasteiger charge is -2.32. The average molecular weight is 517 g/mol. The molecule has 2 aliphatic heterocycles. The van der Waals surface area contributed by atoms with Crippen molar-refractivity contribution in [1.82, 2.24) is 4.90 Å². The summed E-state index contributed by atoms with van der Waals surface area (Å²) in [5, 5.41) is 12.0. The first-order valence-electron chi connectivity index (χ1n) is 11.6. The zero-order valence-electron chi connectivity index (χ0n) is 20.3. The lowest BCUT2D eigenvalue weighted by atomic mass is 9.75. The molecule has 0 saturated heterocycles. The molecule has 2 atom stereocenters. The molecule has 0 spiro atoms. The number of non-ortho nitro benzene ring substituents is 1. The van der Waals surface area contributed by atoms with Crippen LogP contribution in [0.5, 0.6) is 0 Å². The normalized spacial score (nSPS) is 19.8. The molecule has 2 heterocycles. The van der Waals surface area contributed by atoms with Crippen molar-refractivity contribution in [3.63, 3.8) is 0 Å². The van der Waals surface area contributed by atoms with Crippen LogP contribution in [-0.2, 0) is 23.9 Å². The first-order chi connectivity index (χ1) is 17.3. The Morgan fingerprint density at radius 3 is 2.69 bits per heavy atom. The lowest BCUT2D eigenvalue weighted by molar-refractivity contribution is -0.384. The first kappa shape index (κ1) is 27.1. The molecule has 36 heavy (non-hydrogen) atoms. The second kappa shape index (κ2) is 12.4. The predicted molar refractivity (Wildman–Crippen MR) is 135 cm³/mol. The summed E-state index contributed by atoms with van der Waals surface area (Å²) in [7, 11) is 0. The predicted octanol–water partition coefficient (Wildman–Crippen LogP) is 3.10. The van der Waals surface area contributed by atoms with E-state index >= 15 is 0 Å². The Morgan fingerprint density at radius 2 is 2.03 bits per heavy atom. The van der Waals surface area contributed by atoms with Gasteiger partial charge < -0.3 is 9.47 Å². The molecule has 3 rings (SSSR count). The molecule has 1 aromatic rings. The van der Waals surface area contributed by atoms with Gasteiger partial charge in [0.25, 0.3) is 5.69 Å². The molecule has 12 heteroatoms. The highest BCUT2D eigenvalue weighted by Crippen LogP contribution is 2.42. The van der Waals surface area contributed by atoms with Gasteiger partial charge in [0.15, 0.2) is 5.17 Å². The van der Waals surface area contributed by atoms with Crippen LogP contribution in [0.15, 0.2) is 45.5 Å². The summed E-state index contributed by atoms with van der Waals surface area (Å²) in [6.45, 7) is 6.32. The van der Waals surface area contributed by atoms with Crippen LogP contribution in [0.2, 0.25) is 0 Å². The summed E-state index contributed by atoms with van der Waals surface area (Å²) in [5.41, 5.74) is 1.11. The van der Waals surface area contributed by atoms with Gasteiger partial charge in [-0.3, -0.25) is 34.6 Å². The van der Waals surface area contributed by atoms with Crippen LogP contribution in [-0.4, -0.2) is 71.1 Å². The number of aliphatic imine (C=N–C) groups is 2. The average Bonchev–Trinajstić information content (AvgIpc) is 2.87. The molecule has 2 aliphatic rings. The maximum atomic E-state index is 13.3. The minimum absolute atomic E-state index is 0.0861. The largest absolute Gasteiger partial charge is 0.465 e. The first-order valence-corrected chi connectivity index (χ1v) is 12.6. The molecular formula is C24H28N4O7S. The van der Waals surface area contributed by atoms with Gasteiger partial charge in [-0.1, -0.05) is 23.9 Å². The maximum Gasteiger partial charge on any atom is 0.336 e. The van der Waals surface area contributed by atoms with Crippen molar-refractivity contribution in [3.8, 4) is 0 Å². The molecule has 0 fully saturated rings. The van der Waals surface area contributed by atoms with E-state index in [-0.39, 0.29) is 30.2 Å². The Morgan fingerprint density at radius 1 is 1.28 bits per heavy atom. The van der Waals surface area contributed by atoms with Gasteiger partial charge in [-0.2, -0.15) is 0 Å². The molecule has 2 unspecified atom stereocenters. The van der Waals surface area contributed by atoms with Crippen LogP contribution in [0.25, 0.3) is 0 Å². The molecule has 0 aromatic heterocycles. The van der Waals surface area contributed by atoms with Crippen molar-refractivity contribution in [2.75, 3.05) is 32.1 Å². The van der Waals surface area contributed by atoms with E-state index in [1.165, 1.54) is 34.9 Å². The fourth-order valence-corrected chi connectivity index (χ4v) is 5.15. The van der Waals surface area contributed by atoms with Gasteiger partial charge in [-0.25, -0.2) is 4.79 Å². The summed E-state index contributed by atoms with van der Waals surface area (Å²) in [4.78, 5) is 59.2. The summed E-state index contributed by atoms with van der Waals surface area (Å²) in [6.07, 6.45) is 1.47. The van der Waals surface area contributed by atoms with Gasteiger partial charge in [0.05, 0.1) is 29.4 Å². The van der Waals surface area contributed by atoms with Gasteiger partial charge in [0.2, 0.25) is 6.41 Å². The Balaban J connectivity index is 2.14. The molecular weight excluding hydrogens is 488 g/mol. The van der Waals surface area contributed by atoms with Crippen molar-refractivity contribution in [2.24, 2.45) is 15.9 Å². The van der Waals surface area contributed by atoms with E-state index < -0.39 is 28.7 Å². The number of amides is 1. The monoisotopic (exact) mass is 516 g/mol. The van der Waals surface area contributed by atoms with Crippen molar-refractivity contribution in [3.05, 3.63) is 51.2 Å². The minimum atomic E-state index is -0.974. The van der Waals surface area contributed by atoms with Crippen LogP contribution in [0, 0.1) is 16.0 Å². The highest BCUT2D eigenvalue weighted by Gasteiger charge is 2.43. The number of amidine groups is 1. The van der Waals surface area contributed by atoms with Crippen molar-refractivity contribution in [1.29, 1.82) is 0 Å². The number of ether oxygens (including phenoxy) is 2. The number of nitro groups is 1.